The molecule has 0 aliphatic rings. The van der Waals surface area contributed by atoms with Gasteiger partial charge in [0.15, 0.2) is 0 Å². The lowest BCUT2D eigenvalue weighted by Crippen LogP contribution is -2.07. The molecule has 1 atom stereocenters. The van der Waals surface area contributed by atoms with E-state index >= 15 is 0 Å². The molecular formula is C9H16O2. The second-order valence-corrected chi connectivity index (χ2v) is 2.59. The number of allylic oxidation sites excluding steroid dienone is 1. The zero-order chi connectivity index (χ0) is 8.69. The van der Waals surface area contributed by atoms with Gasteiger partial charge in [0.1, 0.15) is 0 Å². The Hall–Kier alpha value is -0.600. The van der Waals surface area contributed by atoms with Crippen molar-refractivity contribution in [2.45, 2.75) is 25.4 Å². The van der Waals surface area contributed by atoms with Gasteiger partial charge in [-0.3, -0.25) is 0 Å². The lowest BCUT2D eigenvalue weighted by Gasteiger charge is -2.08. The van der Waals surface area contributed by atoms with E-state index in [9.17, 15) is 5.11 Å². The monoisotopic (exact) mass is 156 g/mol. The molecule has 0 saturated heterocycles. The first-order valence-electron chi connectivity index (χ1n) is 3.79. The lowest BCUT2D eigenvalue weighted by molar-refractivity contribution is 0.151. The maximum atomic E-state index is 9.26. The Morgan fingerprint density at radius 3 is 2.64 bits per heavy atom. The highest BCUT2D eigenvalue weighted by molar-refractivity contribution is 5.11. The second-order valence-electron chi connectivity index (χ2n) is 2.59. The first kappa shape index (κ1) is 10.4. The minimum atomic E-state index is -0.382. The van der Waals surface area contributed by atoms with E-state index in [1.165, 1.54) is 0 Å². The summed E-state index contributed by atoms with van der Waals surface area (Å²) in [6.45, 7) is 7.35. The Morgan fingerprint density at radius 1 is 1.55 bits per heavy atom. The molecule has 11 heavy (non-hydrogen) atoms. The molecule has 0 saturated carbocycles. The molecule has 0 spiro atoms. The fraction of sp³-hybridized carbons (Fsp3) is 0.556. The Bertz CT molecular complexity index is 130. The summed E-state index contributed by atoms with van der Waals surface area (Å²) in [6, 6.07) is 0. The number of aliphatic hydroxyl groups excluding tert-OH is 2. The van der Waals surface area contributed by atoms with E-state index in [0.29, 0.717) is 19.3 Å². The predicted octanol–water partition coefficient (Wildman–Crippen LogP) is 1.25. The standard InChI is InChI=1S/C9H16O2/c1-3-8(2)7-9(11)5-4-6-10/h3,9-11H,1-2,4-7H2. The molecule has 0 aliphatic heterocycles. The van der Waals surface area contributed by atoms with Crippen LogP contribution in [-0.2, 0) is 0 Å². The van der Waals surface area contributed by atoms with Gasteiger partial charge in [0.05, 0.1) is 6.10 Å². The van der Waals surface area contributed by atoms with Crippen molar-refractivity contribution in [1.29, 1.82) is 0 Å². The fourth-order valence-electron chi connectivity index (χ4n) is 0.815. The Balaban J connectivity index is 3.43. The van der Waals surface area contributed by atoms with E-state index in [-0.39, 0.29) is 12.7 Å². The first-order chi connectivity index (χ1) is 5.20. The van der Waals surface area contributed by atoms with Gasteiger partial charge in [0.25, 0.3) is 0 Å². The summed E-state index contributed by atoms with van der Waals surface area (Å²) < 4.78 is 0. The van der Waals surface area contributed by atoms with E-state index in [0.717, 1.165) is 5.57 Å². The van der Waals surface area contributed by atoms with Gasteiger partial charge in [-0.2, -0.15) is 0 Å². The quantitative estimate of drug-likeness (QED) is 0.568. The molecule has 0 fully saturated rings. The molecule has 0 aromatic rings. The number of hydrogen-bond acceptors (Lipinski definition) is 2. The molecule has 1 unspecified atom stereocenters. The van der Waals surface area contributed by atoms with Crippen LogP contribution in [0.5, 0.6) is 0 Å². The van der Waals surface area contributed by atoms with Crippen molar-refractivity contribution < 1.29 is 10.2 Å². The van der Waals surface area contributed by atoms with E-state index in [1.54, 1.807) is 6.08 Å². The van der Waals surface area contributed by atoms with E-state index in [1.807, 2.05) is 0 Å². The van der Waals surface area contributed by atoms with Crippen LogP contribution in [0, 0.1) is 0 Å². The summed E-state index contributed by atoms with van der Waals surface area (Å²) in [6.07, 6.45) is 3.09. The van der Waals surface area contributed by atoms with E-state index in [2.05, 4.69) is 13.2 Å². The van der Waals surface area contributed by atoms with Crippen molar-refractivity contribution in [3.8, 4) is 0 Å². The summed E-state index contributed by atoms with van der Waals surface area (Å²) in [5.41, 5.74) is 0.843. The maximum Gasteiger partial charge on any atom is 0.0581 e. The van der Waals surface area contributed by atoms with Gasteiger partial charge in [-0.15, -0.1) is 0 Å². The Labute approximate surface area is 67.9 Å². The number of hydrogen-bond donors (Lipinski definition) is 2. The third kappa shape index (κ3) is 5.83. The summed E-state index contributed by atoms with van der Waals surface area (Å²) >= 11 is 0. The van der Waals surface area contributed by atoms with Crippen molar-refractivity contribution in [1.82, 2.24) is 0 Å². The molecule has 64 valence electrons. The Morgan fingerprint density at radius 2 is 2.18 bits per heavy atom. The van der Waals surface area contributed by atoms with Crippen molar-refractivity contribution in [3.05, 3.63) is 24.8 Å². The predicted molar refractivity (Wildman–Crippen MR) is 46.3 cm³/mol. The molecular weight excluding hydrogens is 140 g/mol. The first-order valence-corrected chi connectivity index (χ1v) is 3.79. The van der Waals surface area contributed by atoms with Crippen LogP contribution in [0.15, 0.2) is 24.8 Å². The van der Waals surface area contributed by atoms with E-state index in [4.69, 9.17) is 5.11 Å². The number of rotatable bonds is 6. The van der Waals surface area contributed by atoms with Crippen LogP contribution in [-0.4, -0.2) is 22.9 Å². The minimum Gasteiger partial charge on any atom is -0.396 e. The van der Waals surface area contributed by atoms with Crippen molar-refractivity contribution in [2.75, 3.05) is 6.61 Å². The summed E-state index contributed by atoms with van der Waals surface area (Å²) in [7, 11) is 0. The second kappa shape index (κ2) is 6.13. The van der Waals surface area contributed by atoms with Crippen LogP contribution in [0.4, 0.5) is 0 Å². The zero-order valence-electron chi connectivity index (χ0n) is 6.79. The zero-order valence-corrected chi connectivity index (χ0v) is 6.79. The summed E-state index contributed by atoms with van der Waals surface area (Å²) in [4.78, 5) is 0. The van der Waals surface area contributed by atoms with Crippen LogP contribution in [0.25, 0.3) is 0 Å². The third-order valence-electron chi connectivity index (χ3n) is 1.48. The largest absolute Gasteiger partial charge is 0.396 e. The normalized spacial score (nSPS) is 12.5. The van der Waals surface area contributed by atoms with Gasteiger partial charge in [0.2, 0.25) is 0 Å². The third-order valence-corrected chi connectivity index (χ3v) is 1.48. The molecule has 0 heterocycles. The van der Waals surface area contributed by atoms with Crippen LogP contribution in [0.1, 0.15) is 19.3 Å². The molecule has 0 radical (unpaired) electrons. The number of aliphatic hydroxyl groups is 2. The van der Waals surface area contributed by atoms with E-state index < -0.39 is 0 Å². The minimum absolute atomic E-state index is 0.137. The van der Waals surface area contributed by atoms with Gasteiger partial charge in [-0.1, -0.05) is 24.8 Å². The highest BCUT2D eigenvalue weighted by Crippen LogP contribution is 2.08. The van der Waals surface area contributed by atoms with Crippen molar-refractivity contribution in [3.63, 3.8) is 0 Å². The SMILES string of the molecule is C=CC(=C)CC(O)CCCO. The molecule has 2 heteroatoms. The van der Waals surface area contributed by atoms with Crippen molar-refractivity contribution in [2.24, 2.45) is 0 Å². The molecule has 0 aromatic heterocycles. The molecule has 2 nitrogen and oxygen atoms in total. The Kier molecular flexibility index (Phi) is 5.80. The molecule has 0 amide bonds. The van der Waals surface area contributed by atoms with Crippen LogP contribution in [0.2, 0.25) is 0 Å². The lowest BCUT2D eigenvalue weighted by atomic mass is 10.1. The molecule has 0 rings (SSSR count). The van der Waals surface area contributed by atoms with Gasteiger partial charge >= 0.3 is 0 Å². The van der Waals surface area contributed by atoms with Gasteiger partial charge in [-0.25, -0.2) is 0 Å². The van der Waals surface area contributed by atoms with Gasteiger partial charge in [-0.05, 0) is 19.3 Å². The topological polar surface area (TPSA) is 40.5 Å². The summed E-state index contributed by atoms with van der Waals surface area (Å²) in [5, 5.41) is 17.7. The molecule has 0 bridgehead atoms. The maximum absolute atomic E-state index is 9.26. The highest BCUT2D eigenvalue weighted by atomic mass is 16.3. The average molecular weight is 156 g/mol. The highest BCUT2D eigenvalue weighted by Gasteiger charge is 2.03. The van der Waals surface area contributed by atoms with Gasteiger partial charge < -0.3 is 10.2 Å². The molecule has 0 aliphatic carbocycles. The van der Waals surface area contributed by atoms with Crippen LogP contribution in [0.3, 0.4) is 0 Å². The molecule has 2 N–H and O–H groups in total. The van der Waals surface area contributed by atoms with Crippen molar-refractivity contribution >= 4 is 0 Å². The van der Waals surface area contributed by atoms with Gasteiger partial charge in [0, 0.05) is 6.61 Å². The fourth-order valence-corrected chi connectivity index (χ4v) is 0.815. The summed E-state index contributed by atoms with van der Waals surface area (Å²) in [5.74, 6) is 0. The van der Waals surface area contributed by atoms with Crippen LogP contribution < -0.4 is 0 Å². The molecule has 0 aromatic carbocycles. The smallest absolute Gasteiger partial charge is 0.0581 e. The van der Waals surface area contributed by atoms with Crippen LogP contribution >= 0.6 is 0 Å². The average Bonchev–Trinajstić information content (AvgIpc) is 2.00.